The van der Waals surface area contributed by atoms with Crippen molar-refractivity contribution in [2.45, 2.75) is 6.04 Å². The van der Waals surface area contributed by atoms with Gasteiger partial charge in [-0.3, -0.25) is 0 Å². The Kier molecular flexibility index (Phi) is 6.14. The predicted octanol–water partition coefficient (Wildman–Crippen LogP) is 5.36. The van der Waals surface area contributed by atoms with Gasteiger partial charge in [0.15, 0.2) is 0 Å². The Balaban J connectivity index is 2.57. The lowest BCUT2D eigenvalue weighted by atomic mass is 10.00. The highest BCUT2D eigenvalue weighted by Crippen LogP contribution is 2.44. The molecule has 2 aromatic rings. The van der Waals surface area contributed by atoms with Gasteiger partial charge in [-0.25, -0.2) is 0 Å². The second kappa shape index (κ2) is 7.46. The fraction of sp³-hybridized carbons (Fsp3) is 0.286. The number of methoxy groups -OCH3 is 2. The van der Waals surface area contributed by atoms with Crippen LogP contribution in [0.25, 0.3) is 0 Å². The summed E-state index contributed by atoms with van der Waals surface area (Å²) in [6.07, 6.45) is 0. The molecule has 0 aliphatic carbocycles. The Morgan fingerprint density at radius 1 is 1.10 bits per heavy atom. The summed E-state index contributed by atoms with van der Waals surface area (Å²) in [7, 11) is 5.23. The summed E-state index contributed by atoms with van der Waals surface area (Å²) in [5.74, 6) is 1.51. The molecule has 0 saturated carbocycles. The molecule has 3 nitrogen and oxygen atoms in total. The molecule has 1 aromatic carbocycles. The van der Waals surface area contributed by atoms with Crippen molar-refractivity contribution < 1.29 is 9.47 Å². The van der Waals surface area contributed by atoms with Crippen molar-refractivity contribution in [1.82, 2.24) is 5.32 Å². The Hall–Kier alpha value is -0.0800. The third kappa shape index (κ3) is 3.47. The second-order valence-electron chi connectivity index (χ2n) is 4.21. The molecule has 0 saturated heterocycles. The highest BCUT2D eigenvalue weighted by atomic mass is 79.9. The van der Waals surface area contributed by atoms with E-state index in [1.807, 2.05) is 19.2 Å². The molecule has 1 unspecified atom stereocenters. The van der Waals surface area contributed by atoms with Crippen molar-refractivity contribution >= 4 is 59.1 Å². The lowest BCUT2D eigenvalue weighted by Gasteiger charge is -2.21. The first-order chi connectivity index (χ1) is 10.0. The Labute approximate surface area is 153 Å². The summed E-state index contributed by atoms with van der Waals surface area (Å²) in [5.41, 5.74) is 2.20. The van der Waals surface area contributed by atoms with Crippen LogP contribution in [0.2, 0.25) is 0 Å². The summed E-state index contributed by atoms with van der Waals surface area (Å²) in [5, 5.41) is 3.34. The summed E-state index contributed by atoms with van der Waals surface area (Å²) >= 11 is 12.3. The van der Waals surface area contributed by atoms with Crippen LogP contribution in [0.15, 0.2) is 30.2 Å². The molecule has 1 atom stereocenters. The minimum Gasteiger partial charge on any atom is -0.495 e. The molecule has 0 aliphatic rings. The standard InChI is InChI=1S/C14H14Br3NO2S/c1-18-12(8-6-10(15)21-14(8)17)7-4-5-9(19-2)11(16)13(7)20-3/h4-6,12,18H,1-3H3. The van der Waals surface area contributed by atoms with Gasteiger partial charge < -0.3 is 14.8 Å². The van der Waals surface area contributed by atoms with E-state index in [1.165, 1.54) is 0 Å². The van der Waals surface area contributed by atoms with Crippen LogP contribution in [0.3, 0.4) is 0 Å². The number of nitrogens with one attached hydrogen (secondary N) is 1. The van der Waals surface area contributed by atoms with Crippen LogP contribution in [-0.4, -0.2) is 21.3 Å². The molecule has 0 aliphatic heterocycles. The molecule has 7 heteroatoms. The largest absolute Gasteiger partial charge is 0.495 e. The van der Waals surface area contributed by atoms with Crippen LogP contribution >= 0.6 is 59.1 Å². The van der Waals surface area contributed by atoms with E-state index in [4.69, 9.17) is 9.47 Å². The number of hydrogen-bond donors (Lipinski definition) is 1. The molecule has 0 amide bonds. The summed E-state index contributed by atoms with van der Waals surface area (Å²) in [6.45, 7) is 0. The van der Waals surface area contributed by atoms with Crippen LogP contribution in [0.1, 0.15) is 17.2 Å². The van der Waals surface area contributed by atoms with Crippen LogP contribution in [-0.2, 0) is 0 Å². The lowest BCUT2D eigenvalue weighted by Crippen LogP contribution is -2.18. The van der Waals surface area contributed by atoms with Crippen molar-refractivity contribution in [2.24, 2.45) is 0 Å². The maximum atomic E-state index is 5.58. The zero-order valence-corrected chi connectivity index (χ0v) is 17.2. The first kappa shape index (κ1) is 17.3. The van der Waals surface area contributed by atoms with Gasteiger partial charge in [0.05, 0.1) is 27.8 Å². The molecule has 0 bridgehead atoms. The topological polar surface area (TPSA) is 30.5 Å². The minimum atomic E-state index is 0.0130. The van der Waals surface area contributed by atoms with E-state index in [9.17, 15) is 0 Å². The Bertz CT molecular complexity index is 645. The van der Waals surface area contributed by atoms with Crippen molar-refractivity contribution in [2.75, 3.05) is 21.3 Å². The second-order valence-corrected chi connectivity index (χ2v) is 8.75. The molecule has 0 fully saturated rings. The van der Waals surface area contributed by atoms with Gasteiger partial charge in [-0.15, -0.1) is 11.3 Å². The number of halogens is 3. The highest BCUT2D eigenvalue weighted by molar-refractivity contribution is 9.12. The average molecular weight is 500 g/mol. The molecule has 114 valence electrons. The maximum absolute atomic E-state index is 5.58. The van der Waals surface area contributed by atoms with E-state index in [2.05, 4.69) is 59.2 Å². The normalized spacial score (nSPS) is 12.3. The molecule has 0 spiro atoms. The van der Waals surface area contributed by atoms with E-state index in [0.29, 0.717) is 0 Å². The smallest absolute Gasteiger partial charge is 0.141 e. The number of benzene rings is 1. The zero-order chi connectivity index (χ0) is 15.6. The van der Waals surface area contributed by atoms with Gasteiger partial charge in [0, 0.05) is 5.56 Å². The maximum Gasteiger partial charge on any atom is 0.141 e. The third-order valence-electron chi connectivity index (χ3n) is 3.11. The van der Waals surface area contributed by atoms with Crippen molar-refractivity contribution in [1.29, 1.82) is 0 Å². The quantitative estimate of drug-likeness (QED) is 0.600. The average Bonchev–Trinajstić information content (AvgIpc) is 2.79. The van der Waals surface area contributed by atoms with Gasteiger partial charge in [0.25, 0.3) is 0 Å². The van der Waals surface area contributed by atoms with Crippen LogP contribution in [0.4, 0.5) is 0 Å². The molecule has 0 radical (unpaired) electrons. The van der Waals surface area contributed by atoms with Gasteiger partial charge in [-0.2, -0.15) is 0 Å². The van der Waals surface area contributed by atoms with E-state index in [1.54, 1.807) is 25.6 Å². The molecule has 1 heterocycles. The Morgan fingerprint density at radius 3 is 2.29 bits per heavy atom. The SMILES string of the molecule is CNC(c1cc(Br)sc1Br)c1ccc(OC)c(Br)c1OC. The number of thiophene rings is 1. The summed E-state index contributed by atoms with van der Waals surface area (Å²) < 4.78 is 13.9. The highest BCUT2D eigenvalue weighted by Gasteiger charge is 2.23. The number of hydrogen-bond acceptors (Lipinski definition) is 4. The molecule has 1 aromatic heterocycles. The zero-order valence-electron chi connectivity index (χ0n) is 11.7. The summed E-state index contributed by atoms with van der Waals surface area (Å²) in [4.78, 5) is 0. The van der Waals surface area contributed by atoms with Crippen molar-refractivity contribution in [3.8, 4) is 11.5 Å². The summed E-state index contributed by atoms with van der Waals surface area (Å²) in [6, 6.07) is 6.07. The van der Waals surface area contributed by atoms with E-state index >= 15 is 0 Å². The molecular formula is C14H14Br3NO2S. The monoisotopic (exact) mass is 497 g/mol. The first-order valence-electron chi connectivity index (χ1n) is 6.05. The van der Waals surface area contributed by atoms with Gasteiger partial charge in [0.2, 0.25) is 0 Å². The fourth-order valence-corrected chi connectivity index (χ4v) is 5.76. The van der Waals surface area contributed by atoms with Crippen molar-refractivity contribution in [3.05, 3.63) is 41.4 Å². The molecule has 21 heavy (non-hydrogen) atoms. The van der Waals surface area contributed by atoms with Gasteiger partial charge >= 0.3 is 0 Å². The van der Waals surface area contributed by atoms with Gasteiger partial charge in [0.1, 0.15) is 16.0 Å². The minimum absolute atomic E-state index is 0.0130. The van der Waals surface area contributed by atoms with Gasteiger partial charge in [-0.1, -0.05) is 0 Å². The van der Waals surface area contributed by atoms with E-state index in [0.717, 1.165) is 34.7 Å². The molecular weight excluding hydrogens is 486 g/mol. The fourth-order valence-electron chi connectivity index (χ4n) is 2.17. The number of ether oxygens (including phenoxy) is 2. The third-order valence-corrected chi connectivity index (χ3v) is 6.25. The predicted molar refractivity (Wildman–Crippen MR) is 97.9 cm³/mol. The van der Waals surface area contributed by atoms with E-state index in [-0.39, 0.29) is 6.04 Å². The van der Waals surface area contributed by atoms with Crippen LogP contribution in [0, 0.1) is 0 Å². The van der Waals surface area contributed by atoms with E-state index < -0.39 is 0 Å². The first-order valence-corrected chi connectivity index (χ1v) is 9.25. The van der Waals surface area contributed by atoms with Crippen molar-refractivity contribution in [3.63, 3.8) is 0 Å². The van der Waals surface area contributed by atoms with Gasteiger partial charge in [-0.05, 0) is 78.6 Å². The molecule has 1 N–H and O–H groups in total. The van der Waals surface area contributed by atoms with Crippen LogP contribution < -0.4 is 14.8 Å². The van der Waals surface area contributed by atoms with Crippen LogP contribution in [0.5, 0.6) is 11.5 Å². The molecule has 2 rings (SSSR count). The Morgan fingerprint density at radius 2 is 1.81 bits per heavy atom. The number of rotatable bonds is 5. The lowest BCUT2D eigenvalue weighted by molar-refractivity contribution is 0.383.